The Kier molecular flexibility index (Phi) is 7.53. The predicted octanol–water partition coefficient (Wildman–Crippen LogP) is 2.59. The summed E-state index contributed by atoms with van der Waals surface area (Å²) >= 11 is 3.20. The van der Waals surface area contributed by atoms with Crippen molar-refractivity contribution in [1.29, 1.82) is 0 Å². The number of thioether (sulfide) groups is 1. The van der Waals surface area contributed by atoms with Crippen LogP contribution in [0, 0.1) is 6.92 Å². The molecule has 0 bridgehead atoms. The number of hydrogen-bond donors (Lipinski definition) is 2. The van der Waals surface area contributed by atoms with Gasteiger partial charge in [0.2, 0.25) is 10.0 Å². The molecule has 0 saturated heterocycles. The van der Waals surface area contributed by atoms with Gasteiger partial charge in [-0.1, -0.05) is 13.8 Å². The second kappa shape index (κ2) is 8.38. The predicted molar refractivity (Wildman–Crippen MR) is 89.2 cm³/mol. The fourth-order valence-corrected chi connectivity index (χ4v) is 5.60. The lowest BCUT2D eigenvalue weighted by Gasteiger charge is -2.15. The topological polar surface area (TPSA) is 58.2 Å². The van der Waals surface area contributed by atoms with E-state index in [0.717, 1.165) is 35.0 Å². The first-order valence-electron chi connectivity index (χ1n) is 6.75. The van der Waals surface area contributed by atoms with Crippen LogP contribution in [-0.4, -0.2) is 33.0 Å². The van der Waals surface area contributed by atoms with E-state index in [2.05, 4.69) is 10.0 Å². The highest BCUT2D eigenvalue weighted by molar-refractivity contribution is 7.98. The lowest BCUT2D eigenvalue weighted by Crippen LogP contribution is -2.36. The summed E-state index contributed by atoms with van der Waals surface area (Å²) in [4.78, 5) is 2.34. The van der Waals surface area contributed by atoms with Crippen molar-refractivity contribution >= 4 is 33.1 Å². The van der Waals surface area contributed by atoms with E-state index in [1.54, 1.807) is 29.2 Å². The summed E-state index contributed by atoms with van der Waals surface area (Å²) in [5.74, 6) is 0.795. The fourth-order valence-electron chi connectivity index (χ4n) is 1.85. The molecule has 0 amide bonds. The molecule has 0 aliphatic rings. The first-order chi connectivity index (χ1) is 9.44. The zero-order valence-electron chi connectivity index (χ0n) is 12.5. The third-order valence-corrected chi connectivity index (χ3v) is 6.51. The van der Waals surface area contributed by atoms with Gasteiger partial charge < -0.3 is 5.32 Å². The van der Waals surface area contributed by atoms with Gasteiger partial charge >= 0.3 is 0 Å². The Balaban J connectivity index is 2.88. The second-order valence-corrected chi connectivity index (χ2v) is 8.53. The van der Waals surface area contributed by atoms with Crippen molar-refractivity contribution in [2.45, 2.75) is 44.7 Å². The Hall–Kier alpha value is -0.0800. The van der Waals surface area contributed by atoms with Gasteiger partial charge in [0.15, 0.2) is 0 Å². The standard InChI is InChI=1S/C13H24N2O2S3/c1-5-11(9-18-4)15-20(16,17)13-7-12(8-14-6-2)19-10(13)3/h7,11,14-15H,5-6,8-9H2,1-4H3. The highest BCUT2D eigenvalue weighted by Crippen LogP contribution is 2.26. The van der Waals surface area contributed by atoms with E-state index < -0.39 is 10.0 Å². The summed E-state index contributed by atoms with van der Waals surface area (Å²) in [6.07, 6.45) is 2.79. The molecule has 0 fully saturated rings. The summed E-state index contributed by atoms with van der Waals surface area (Å²) in [6, 6.07) is 1.78. The van der Waals surface area contributed by atoms with Crippen molar-refractivity contribution in [3.05, 3.63) is 15.8 Å². The third-order valence-electron chi connectivity index (χ3n) is 2.94. The van der Waals surface area contributed by atoms with Crippen LogP contribution in [0.2, 0.25) is 0 Å². The average molecular weight is 337 g/mol. The zero-order chi connectivity index (χ0) is 15.2. The van der Waals surface area contributed by atoms with Crippen molar-refractivity contribution in [3.8, 4) is 0 Å². The van der Waals surface area contributed by atoms with E-state index in [4.69, 9.17) is 0 Å². The zero-order valence-corrected chi connectivity index (χ0v) is 15.0. The van der Waals surface area contributed by atoms with Crippen LogP contribution in [-0.2, 0) is 16.6 Å². The minimum Gasteiger partial charge on any atom is -0.312 e. The van der Waals surface area contributed by atoms with Crippen LogP contribution in [0.4, 0.5) is 0 Å². The normalized spacial score (nSPS) is 13.6. The Morgan fingerprint density at radius 1 is 1.40 bits per heavy atom. The van der Waals surface area contributed by atoms with Crippen LogP contribution in [0.5, 0.6) is 0 Å². The summed E-state index contributed by atoms with van der Waals surface area (Å²) in [5.41, 5.74) is 0. The van der Waals surface area contributed by atoms with Gasteiger partial charge in [0.05, 0.1) is 4.90 Å². The molecule has 1 atom stereocenters. The Bertz CT molecular complexity index is 512. The molecule has 7 heteroatoms. The van der Waals surface area contributed by atoms with Crippen LogP contribution in [0.25, 0.3) is 0 Å². The van der Waals surface area contributed by atoms with Gasteiger partial charge in [-0.25, -0.2) is 13.1 Å². The molecule has 20 heavy (non-hydrogen) atoms. The van der Waals surface area contributed by atoms with E-state index in [1.807, 2.05) is 27.0 Å². The number of nitrogens with one attached hydrogen (secondary N) is 2. The van der Waals surface area contributed by atoms with Crippen molar-refractivity contribution in [1.82, 2.24) is 10.0 Å². The molecule has 116 valence electrons. The van der Waals surface area contributed by atoms with Crippen LogP contribution >= 0.6 is 23.1 Å². The maximum absolute atomic E-state index is 12.5. The average Bonchev–Trinajstić information content (AvgIpc) is 2.77. The Labute approximate surface area is 130 Å². The van der Waals surface area contributed by atoms with Crippen LogP contribution in [0.15, 0.2) is 11.0 Å². The monoisotopic (exact) mass is 336 g/mol. The number of thiophene rings is 1. The smallest absolute Gasteiger partial charge is 0.241 e. The van der Waals surface area contributed by atoms with Gasteiger partial charge in [-0.05, 0) is 32.2 Å². The summed E-state index contributed by atoms with van der Waals surface area (Å²) < 4.78 is 27.7. The van der Waals surface area contributed by atoms with E-state index in [-0.39, 0.29) is 6.04 Å². The second-order valence-electron chi connectivity index (χ2n) is 4.60. The Morgan fingerprint density at radius 3 is 2.65 bits per heavy atom. The van der Waals surface area contributed by atoms with E-state index in [9.17, 15) is 8.42 Å². The molecule has 1 aromatic rings. The molecule has 4 nitrogen and oxygen atoms in total. The van der Waals surface area contributed by atoms with Crippen molar-refractivity contribution in [2.75, 3.05) is 18.6 Å². The van der Waals surface area contributed by atoms with Crippen molar-refractivity contribution in [3.63, 3.8) is 0 Å². The SMILES string of the molecule is CCNCc1cc(S(=O)(=O)NC(CC)CSC)c(C)s1. The van der Waals surface area contributed by atoms with E-state index in [1.165, 1.54) is 0 Å². The molecule has 0 aliphatic heterocycles. The molecule has 1 unspecified atom stereocenters. The van der Waals surface area contributed by atoms with Gasteiger partial charge in [-0.3, -0.25) is 0 Å². The van der Waals surface area contributed by atoms with Crippen LogP contribution in [0.1, 0.15) is 30.0 Å². The highest BCUT2D eigenvalue weighted by Gasteiger charge is 2.22. The minimum atomic E-state index is -3.41. The molecule has 0 spiro atoms. The fraction of sp³-hybridized carbons (Fsp3) is 0.692. The van der Waals surface area contributed by atoms with E-state index >= 15 is 0 Å². The number of rotatable bonds is 9. The summed E-state index contributed by atoms with van der Waals surface area (Å²) in [7, 11) is -3.41. The third kappa shape index (κ3) is 5.04. The molecule has 0 radical (unpaired) electrons. The molecular formula is C13H24N2O2S3. The molecule has 0 aromatic carbocycles. The summed E-state index contributed by atoms with van der Waals surface area (Å²) in [5, 5.41) is 3.22. The quantitative estimate of drug-likeness (QED) is 0.728. The molecule has 2 N–H and O–H groups in total. The van der Waals surface area contributed by atoms with Gasteiger partial charge in [-0.2, -0.15) is 11.8 Å². The number of sulfonamides is 1. The lowest BCUT2D eigenvalue weighted by atomic mass is 10.3. The first kappa shape index (κ1) is 18.0. The van der Waals surface area contributed by atoms with Crippen molar-refractivity contribution < 1.29 is 8.42 Å². The van der Waals surface area contributed by atoms with Gasteiger partial charge in [0, 0.05) is 28.1 Å². The molecule has 1 heterocycles. The number of hydrogen-bond acceptors (Lipinski definition) is 5. The molecule has 1 rings (SSSR count). The minimum absolute atomic E-state index is 0.00785. The van der Waals surface area contributed by atoms with Gasteiger partial charge in [0.25, 0.3) is 0 Å². The molecular weight excluding hydrogens is 312 g/mol. The Morgan fingerprint density at radius 2 is 2.10 bits per heavy atom. The molecule has 0 aliphatic carbocycles. The van der Waals surface area contributed by atoms with Gasteiger partial charge in [0.1, 0.15) is 0 Å². The summed E-state index contributed by atoms with van der Waals surface area (Å²) in [6.45, 7) is 7.50. The largest absolute Gasteiger partial charge is 0.312 e. The van der Waals surface area contributed by atoms with Crippen molar-refractivity contribution in [2.24, 2.45) is 0 Å². The lowest BCUT2D eigenvalue weighted by molar-refractivity contribution is 0.558. The van der Waals surface area contributed by atoms with Crippen LogP contribution < -0.4 is 10.0 Å². The van der Waals surface area contributed by atoms with Crippen LogP contribution in [0.3, 0.4) is 0 Å². The maximum Gasteiger partial charge on any atom is 0.241 e. The molecule has 1 aromatic heterocycles. The number of aryl methyl sites for hydroxylation is 1. The maximum atomic E-state index is 12.5. The first-order valence-corrected chi connectivity index (χ1v) is 10.4. The highest BCUT2D eigenvalue weighted by atomic mass is 32.2. The van der Waals surface area contributed by atoms with Gasteiger partial charge in [-0.15, -0.1) is 11.3 Å². The van der Waals surface area contributed by atoms with E-state index in [0.29, 0.717) is 4.90 Å². The molecule has 0 saturated carbocycles.